The number of piperazine rings is 1. The van der Waals surface area contributed by atoms with Crippen molar-refractivity contribution in [1.82, 2.24) is 15.1 Å². The SMILES string of the molecule is CCC(=O)C1(C(=O)N2CCN(C(C)C(=O)NC3CCCC3)CC2)CC1. The van der Waals surface area contributed by atoms with Gasteiger partial charge in [-0.25, -0.2) is 0 Å². The molecule has 25 heavy (non-hydrogen) atoms. The molecule has 1 aliphatic heterocycles. The van der Waals surface area contributed by atoms with Gasteiger partial charge in [-0.1, -0.05) is 19.8 Å². The number of nitrogens with zero attached hydrogens (tertiary/aromatic N) is 2. The Morgan fingerprint density at radius 2 is 1.68 bits per heavy atom. The lowest BCUT2D eigenvalue weighted by Crippen LogP contribution is -2.57. The maximum Gasteiger partial charge on any atom is 0.237 e. The average Bonchev–Trinajstić information content (AvgIpc) is 3.30. The van der Waals surface area contributed by atoms with Crippen molar-refractivity contribution in [3.05, 3.63) is 0 Å². The summed E-state index contributed by atoms with van der Waals surface area (Å²) in [6, 6.07) is 0.178. The van der Waals surface area contributed by atoms with Crippen LogP contribution in [0.5, 0.6) is 0 Å². The molecule has 1 saturated heterocycles. The number of carbonyl (C=O) groups excluding carboxylic acids is 3. The van der Waals surface area contributed by atoms with Crippen molar-refractivity contribution in [2.75, 3.05) is 26.2 Å². The molecule has 140 valence electrons. The minimum absolute atomic E-state index is 0.0158. The van der Waals surface area contributed by atoms with Crippen LogP contribution in [-0.4, -0.2) is 65.7 Å². The van der Waals surface area contributed by atoms with Gasteiger partial charge in [-0.15, -0.1) is 0 Å². The van der Waals surface area contributed by atoms with Gasteiger partial charge in [-0.05, 0) is 32.6 Å². The third-order valence-corrected chi connectivity index (χ3v) is 6.24. The zero-order valence-corrected chi connectivity index (χ0v) is 15.6. The lowest BCUT2D eigenvalue weighted by Gasteiger charge is -2.38. The Hall–Kier alpha value is -1.43. The molecule has 0 aromatic heterocycles. The van der Waals surface area contributed by atoms with E-state index in [9.17, 15) is 14.4 Å². The number of rotatable bonds is 6. The number of hydrogen-bond donors (Lipinski definition) is 1. The minimum Gasteiger partial charge on any atom is -0.352 e. The van der Waals surface area contributed by atoms with Gasteiger partial charge in [-0.3, -0.25) is 19.3 Å². The third kappa shape index (κ3) is 3.73. The van der Waals surface area contributed by atoms with Crippen LogP contribution in [0.15, 0.2) is 0 Å². The number of ketones is 1. The van der Waals surface area contributed by atoms with E-state index in [0.29, 0.717) is 51.5 Å². The van der Waals surface area contributed by atoms with Crippen LogP contribution in [-0.2, 0) is 14.4 Å². The summed E-state index contributed by atoms with van der Waals surface area (Å²) in [7, 11) is 0. The number of nitrogens with one attached hydrogen (secondary N) is 1. The van der Waals surface area contributed by atoms with Gasteiger partial charge in [0.05, 0.1) is 6.04 Å². The fourth-order valence-electron chi connectivity index (χ4n) is 4.25. The fraction of sp³-hybridized carbons (Fsp3) is 0.842. The normalized spacial score (nSPS) is 24.8. The second-order valence-corrected chi connectivity index (χ2v) is 7.85. The first-order valence-corrected chi connectivity index (χ1v) is 9.85. The minimum atomic E-state index is -0.706. The van der Waals surface area contributed by atoms with Crippen molar-refractivity contribution in [3.63, 3.8) is 0 Å². The van der Waals surface area contributed by atoms with Gasteiger partial charge in [0, 0.05) is 38.6 Å². The first kappa shape index (κ1) is 18.4. The van der Waals surface area contributed by atoms with Crippen LogP contribution in [0.3, 0.4) is 0 Å². The Kier molecular flexibility index (Phi) is 5.46. The standard InChI is InChI=1S/C19H31N3O3/c1-3-16(23)19(8-9-19)18(25)22-12-10-21(11-13-22)14(2)17(24)20-15-6-4-5-7-15/h14-15H,3-13H2,1-2H3,(H,20,24). The number of carbonyl (C=O) groups is 3. The van der Waals surface area contributed by atoms with Crippen molar-refractivity contribution in [3.8, 4) is 0 Å². The van der Waals surface area contributed by atoms with E-state index in [1.165, 1.54) is 12.8 Å². The highest BCUT2D eigenvalue weighted by Crippen LogP contribution is 2.48. The van der Waals surface area contributed by atoms with Crippen LogP contribution in [0.4, 0.5) is 0 Å². The van der Waals surface area contributed by atoms with Gasteiger partial charge >= 0.3 is 0 Å². The van der Waals surface area contributed by atoms with E-state index in [4.69, 9.17) is 0 Å². The lowest BCUT2D eigenvalue weighted by atomic mass is 9.96. The predicted molar refractivity (Wildman–Crippen MR) is 95.0 cm³/mol. The highest BCUT2D eigenvalue weighted by molar-refractivity contribution is 6.08. The van der Waals surface area contributed by atoms with E-state index in [2.05, 4.69) is 10.2 Å². The number of amides is 2. The van der Waals surface area contributed by atoms with Crippen molar-refractivity contribution in [2.24, 2.45) is 5.41 Å². The topological polar surface area (TPSA) is 69.7 Å². The molecule has 3 rings (SSSR count). The summed E-state index contributed by atoms with van der Waals surface area (Å²) in [6.45, 7) is 6.39. The molecule has 0 spiro atoms. The Labute approximate surface area is 150 Å². The smallest absolute Gasteiger partial charge is 0.237 e. The highest BCUT2D eigenvalue weighted by atomic mass is 16.2. The molecular weight excluding hydrogens is 318 g/mol. The quantitative estimate of drug-likeness (QED) is 0.735. The van der Waals surface area contributed by atoms with Crippen LogP contribution >= 0.6 is 0 Å². The Bertz CT molecular complexity index is 530. The summed E-state index contributed by atoms with van der Waals surface area (Å²) in [5, 5.41) is 3.16. The van der Waals surface area contributed by atoms with Gasteiger partial charge in [0.2, 0.25) is 11.8 Å². The van der Waals surface area contributed by atoms with Gasteiger partial charge in [0.25, 0.3) is 0 Å². The summed E-state index contributed by atoms with van der Waals surface area (Å²) in [5.41, 5.74) is -0.706. The van der Waals surface area contributed by atoms with E-state index in [0.717, 1.165) is 12.8 Å². The maximum atomic E-state index is 12.7. The second kappa shape index (κ2) is 7.44. The van der Waals surface area contributed by atoms with Gasteiger partial charge < -0.3 is 10.2 Å². The number of hydrogen-bond acceptors (Lipinski definition) is 4. The van der Waals surface area contributed by atoms with E-state index >= 15 is 0 Å². The average molecular weight is 349 g/mol. The molecule has 0 aromatic carbocycles. The molecule has 2 aliphatic carbocycles. The monoisotopic (exact) mass is 349 g/mol. The van der Waals surface area contributed by atoms with Crippen LogP contribution in [0.2, 0.25) is 0 Å². The predicted octanol–water partition coefficient (Wildman–Crippen LogP) is 1.34. The summed E-state index contributed by atoms with van der Waals surface area (Å²) in [4.78, 5) is 41.2. The Morgan fingerprint density at radius 1 is 1.08 bits per heavy atom. The van der Waals surface area contributed by atoms with E-state index in [-0.39, 0.29) is 23.6 Å². The molecule has 2 saturated carbocycles. The lowest BCUT2D eigenvalue weighted by molar-refractivity contribution is -0.145. The van der Waals surface area contributed by atoms with E-state index < -0.39 is 5.41 Å². The molecule has 6 heteroatoms. The summed E-state index contributed by atoms with van der Waals surface area (Å²) in [5.74, 6) is 0.206. The fourth-order valence-corrected chi connectivity index (χ4v) is 4.25. The zero-order chi connectivity index (χ0) is 18.0. The Balaban J connectivity index is 1.49. The highest BCUT2D eigenvalue weighted by Gasteiger charge is 2.56. The van der Waals surface area contributed by atoms with Gasteiger partial charge in [0.15, 0.2) is 0 Å². The number of Topliss-reactive ketones (excluding diaryl/α,β-unsaturated/α-hetero) is 1. The molecule has 3 aliphatic rings. The van der Waals surface area contributed by atoms with Crippen LogP contribution in [0, 0.1) is 5.41 Å². The largest absolute Gasteiger partial charge is 0.352 e. The summed E-state index contributed by atoms with van der Waals surface area (Å²) < 4.78 is 0. The molecule has 1 heterocycles. The maximum absolute atomic E-state index is 12.7. The third-order valence-electron chi connectivity index (χ3n) is 6.24. The first-order chi connectivity index (χ1) is 12.0. The van der Waals surface area contributed by atoms with Gasteiger partial charge in [0.1, 0.15) is 11.2 Å². The van der Waals surface area contributed by atoms with Crippen LogP contribution in [0.25, 0.3) is 0 Å². The summed E-state index contributed by atoms with van der Waals surface area (Å²) in [6.07, 6.45) is 6.45. The Morgan fingerprint density at radius 3 is 2.20 bits per heavy atom. The van der Waals surface area contributed by atoms with Crippen molar-refractivity contribution < 1.29 is 14.4 Å². The molecule has 3 fully saturated rings. The van der Waals surface area contributed by atoms with Crippen molar-refractivity contribution in [2.45, 2.75) is 70.9 Å². The molecule has 0 aromatic rings. The van der Waals surface area contributed by atoms with E-state index in [1.807, 2.05) is 18.7 Å². The molecule has 1 unspecified atom stereocenters. The van der Waals surface area contributed by atoms with Crippen LogP contribution in [0.1, 0.15) is 58.8 Å². The van der Waals surface area contributed by atoms with Crippen molar-refractivity contribution >= 4 is 17.6 Å². The molecule has 0 radical (unpaired) electrons. The molecule has 1 N–H and O–H groups in total. The molecular formula is C19H31N3O3. The second-order valence-electron chi connectivity index (χ2n) is 7.85. The molecule has 0 bridgehead atoms. The zero-order valence-electron chi connectivity index (χ0n) is 15.6. The first-order valence-electron chi connectivity index (χ1n) is 9.85. The summed E-state index contributed by atoms with van der Waals surface area (Å²) >= 11 is 0. The van der Waals surface area contributed by atoms with E-state index in [1.54, 1.807) is 0 Å². The molecule has 1 atom stereocenters. The van der Waals surface area contributed by atoms with Gasteiger partial charge in [-0.2, -0.15) is 0 Å². The molecule has 2 amide bonds. The van der Waals surface area contributed by atoms with Crippen molar-refractivity contribution in [1.29, 1.82) is 0 Å². The molecule has 6 nitrogen and oxygen atoms in total. The van der Waals surface area contributed by atoms with Crippen LogP contribution < -0.4 is 5.32 Å².